The Morgan fingerprint density at radius 3 is 2.79 bits per heavy atom. The van der Waals surface area contributed by atoms with Crippen LogP contribution in [0.4, 0.5) is 26.4 Å². The van der Waals surface area contributed by atoms with Crippen LogP contribution in [0, 0.1) is 12.7 Å². The zero-order chi connectivity index (χ0) is 24.2. The number of ether oxygens (including phenoxy) is 3. The normalized spacial score (nSPS) is 16.6. The van der Waals surface area contributed by atoms with Gasteiger partial charge in [-0.25, -0.2) is 19.2 Å². The Labute approximate surface area is 195 Å². The van der Waals surface area contributed by atoms with Gasteiger partial charge in [0, 0.05) is 49.2 Å². The summed E-state index contributed by atoms with van der Waals surface area (Å²) in [4.78, 5) is 19.1. The van der Waals surface area contributed by atoms with Crippen molar-refractivity contribution >= 4 is 34.1 Å². The summed E-state index contributed by atoms with van der Waals surface area (Å²) in [6, 6.07) is 3.11. The number of fused-ring (bicyclic) bond motifs is 2. The SMILES string of the molecule is COC1CCOC1.Cc1c(-c2cc3cc(NC(=O)O)ncc3c(N)c2F)cnc2c1NCCO2. The molecule has 1 atom stereocenters. The van der Waals surface area contributed by atoms with E-state index >= 15 is 0 Å². The van der Waals surface area contributed by atoms with E-state index in [1.165, 1.54) is 12.3 Å². The van der Waals surface area contributed by atoms with Crippen LogP contribution in [0.2, 0.25) is 0 Å². The summed E-state index contributed by atoms with van der Waals surface area (Å²) in [5.74, 6) is 0.0287. The van der Waals surface area contributed by atoms with Gasteiger partial charge in [0.2, 0.25) is 5.88 Å². The van der Waals surface area contributed by atoms with Crippen molar-refractivity contribution in [1.82, 2.24) is 9.97 Å². The Balaban J connectivity index is 0.000000336. The molecule has 1 aromatic carbocycles. The fraction of sp³-hybridized carbons (Fsp3) is 0.348. The number of aromatic nitrogens is 2. The van der Waals surface area contributed by atoms with Crippen molar-refractivity contribution in [2.45, 2.75) is 19.4 Å². The first kappa shape index (κ1) is 23.5. The third-order valence-corrected chi connectivity index (χ3v) is 5.69. The fourth-order valence-corrected chi connectivity index (χ4v) is 3.86. The number of pyridine rings is 2. The first-order chi connectivity index (χ1) is 16.4. The Kier molecular flexibility index (Phi) is 6.94. The first-order valence-electron chi connectivity index (χ1n) is 10.7. The Hall–Kier alpha value is -3.70. The molecule has 1 amide bonds. The van der Waals surface area contributed by atoms with Crippen LogP contribution in [0.1, 0.15) is 12.0 Å². The van der Waals surface area contributed by atoms with Gasteiger partial charge in [0.1, 0.15) is 18.1 Å². The number of carbonyl (C=O) groups is 1. The topological polar surface area (TPSA) is 141 Å². The number of hydrogen-bond acceptors (Lipinski definition) is 8. The molecule has 1 fully saturated rings. The predicted octanol–water partition coefficient (Wildman–Crippen LogP) is 3.64. The molecular formula is C23H26FN5O5. The summed E-state index contributed by atoms with van der Waals surface area (Å²) >= 11 is 0. The van der Waals surface area contributed by atoms with E-state index in [2.05, 4.69) is 20.6 Å². The molecule has 3 aromatic rings. The quantitative estimate of drug-likeness (QED) is 0.421. The van der Waals surface area contributed by atoms with Gasteiger partial charge in [-0.1, -0.05) is 0 Å². The minimum atomic E-state index is -1.24. The van der Waals surface area contributed by atoms with Gasteiger partial charge in [0.25, 0.3) is 0 Å². The second-order valence-electron chi connectivity index (χ2n) is 7.85. The lowest BCUT2D eigenvalue weighted by molar-refractivity contribution is 0.0822. The molecule has 0 radical (unpaired) electrons. The number of methoxy groups -OCH3 is 1. The smallest absolute Gasteiger partial charge is 0.410 e. The minimum absolute atomic E-state index is 0.0572. The maximum absolute atomic E-state index is 15.0. The third kappa shape index (κ3) is 4.80. The van der Waals surface area contributed by atoms with Gasteiger partial charge in [0.05, 0.1) is 18.4 Å². The van der Waals surface area contributed by atoms with E-state index < -0.39 is 11.9 Å². The number of benzene rings is 1. The number of halogens is 1. The van der Waals surface area contributed by atoms with Crippen molar-refractivity contribution < 1.29 is 28.5 Å². The van der Waals surface area contributed by atoms with Gasteiger partial charge in [-0.3, -0.25) is 5.32 Å². The largest absolute Gasteiger partial charge is 0.474 e. The van der Waals surface area contributed by atoms with E-state index in [1.807, 2.05) is 6.92 Å². The van der Waals surface area contributed by atoms with Crippen LogP contribution < -0.4 is 21.1 Å². The molecule has 34 heavy (non-hydrogen) atoms. The number of nitrogens with zero attached hydrogens (tertiary/aromatic N) is 2. The van der Waals surface area contributed by atoms with Crippen molar-refractivity contribution in [3.63, 3.8) is 0 Å². The van der Waals surface area contributed by atoms with Crippen LogP contribution in [0.15, 0.2) is 24.5 Å². The second-order valence-corrected chi connectivity index (χ2v) is 7.85. The van der Waals surface area contributed by atoms with Gasteiger partial charge in [0.15, 0.2) is 5.82 Å². The number of nitrogens with two attached hydrogens (primary N) is 1. The number of amides is 1. The van der Waals surface area contributed by atoms with E-state index in [0.717, 1.165) is 30.9 Å². The Morgan fingerprint density at radius 2 is 2.12 bits per heavy atom. The highest BCUT2D eigenvalue weighted by molar-refractivity contribution is 5.99. The number of hydrogen-bond donors (Lipinski definition) is 4. The first-order valence-corrected chi connectivity index (χ1v) is 10.7. The molecule has 5 rings (SSSR count). The predicted molar refractivity (Wildman–Crippen MR) is 126 cm³/mol. The van der Waals surface area contributed by atoms with Crippen molar-refractivity contribution in [2.75, 3.05) is 49.8 Å². The average Bonchev–Trinajstić information content (AvgIpc) is 3.36. The Bertz CT molecular complexity index is 1220. The molecule has 1 unspecified atom stereocenters. The molecule has 180 valence electrons. The fourth-order valence-electron chi connectivity index (χ4n) is 3.86. The second kappa shape index (κ2) is 10.1. The van der Waals surface area contributed by atoms with Crippen LogP contribution in [-0.4, -0.2) is 60.7 Å². The molecular weight excluding hydrogens is 445 g/mol. The standard InChI is InChI=1S/C18H16FN5O3.C5H10O2/c1-8-11(6-23-17-16(8)21-2-3-27-17)10-4-9-5-13(24-18(25)26)22-7-12(9)15(20)14(10)19;1-6-5-2-3-7-4-5/h4-7,21H,2-3,20H2,1H3,(H,22,24)(H,25,26);5H,2-4H2,1H3. The highest BCUT2D eigenvalue weighted by atomic mass is 19.1. The van der Waals surface area contributed by atoms with Gasteiger partial charge in [-0.15, -0.1) is 0 Å². The highest BCUT2D eigenvalue weighted by Gasteiger charge is 2.21. The highest BCUT2D eigenvalue weighted by Crippen LogP contribution is 2.39. The summed E-state index contributed by atoms with van der Waals surface area (Å²) in [6.45, 7) is 4.66. The molecule has 11 heteroatoms. The summed E-state index contributed by atoms with van der Waals surface area (Å²) in [6.07, 6.45) is 3.09. The molecule has 2 aromatic heterocycles. The summed E-state index contributed by atoms with van der Waals surface area (Å²) in [5.41, 5.74) is 8.28. The molecule has 0 saturated carbocycles. The van der Waals surface area contributed by atoms with Crippen LogP contribution in [0.5, 0.6) is 5.88 Å². The maximum Gasteiger partial charge on any atom is 0.410 e. The van der Waals surface area contributed by atoms with Crippen molar-refractivity contribution in [3.05, 3.63) is 35.9 Å². The number of anilines is 3. The molecule has 2 aliphatic heterocycles. The molecule has 0 aliphatic carbocycles. The molecule has 0 bridgehead atoms. The lowest BCUT2D eigenvalue weighted by Crippen LogP contribution is -2.20. The van der Waals surface area contributed by atoms with Crippen LogP contribution in [0.25, 0.3) is 21.9 Å². The molecule has 5 N–H and O–H groups in total. The van der Waals surface area contributed by atoms with Gasteiger partial charge in [-0.05, 0) is 36.4 Å². The molecule has 4 heterocycles. The van der Waals surface area contributed by atoms with E-state index in [0.29, 0.717) is 41.5 Å². The number of carboxylic acid groups (broad SMARTS) is 1. The van der Waals surface area contributed by atoms with E-state index in [4.69, 9.17) is 25.1 Å². The van der Waals surface area contributed by atoms with Crippen molar-refractivity contribution in [3.8, 4) is 17.0 Å². The van der Waals surface area contributed by atoms with Crippen molar-refractivity contribution in [1.29, 1.82) is 0 Å². The number of nitrogen functional groups attached to an aromatic ring is 1. The molecule has 2 aliphatic rings. The Morgan fingerprint density at radius 1 is 1.29 bits per heavy atom. The lowest BCUT2D eigenvalue weighted by atomic mass is 9.97. The summed E-state index contributed by atoms with van der Waals surface area (Å²) in [7, 11) is 1.72. The van der Waals surface area contributed by atoms with Crippen LogP contribution >= 0.6 is 0 Å². The zero-order valence-corrected chi connectivity index (χ0v) is 18.9. The zero-order valence-electron chi connectivity index (χ0n) is 18.9. The van der Waals surface area contributed by atoms with Gasteiger partial charge < -0.3 is 30.4 Å². The van der Waals surface area contributed by atoms with E-state index in [1.54, 1.807) is 19.4 Å². The van der Waals surface area contributed by atoms with E-state index in [9.17, 15) is 9.18 Å². The molecule has 1 saturated heterocycles. The maximum atomic E-state index is 15.0. The monoisotopic (exact) mass is 471 g/mol. The van der Waals surface area contributed by atoms with Gasteiger partial charge >= 0.3 is 6.09 Å². The third-order valence-electron chi connectivity index (χ3n) is 5.69. The molecule has 0 spiro atoms. The average molecular weight is 471 g/mol. The minimum Gasteiger partial charge on any atom is -0.474 e. The van der Waals surface area contributed by atoms with Crippen LogP contribution in [-0.2, 0) is 9.47 Å². The number of rotatable bonds is 3. The number of nitrogens with one attached hydrogen (secondary N) is 2. The summed E-state index contributed by atoms with van der Waals surface area (Å²) in [5, 5.41) is 15.2. The summed E-state index contributed by atoms with van der Waals surface area (Å²) < 4.78 is 30.5. The van der Waals surface area contributed by atoms with Crippen molar-refractivity contribution in [2.24, 2.45) is 0 Å². The lowest BCUT2D eigenvalue weighted by Gasteiger charge is -2.22. The van der Waals surface area contributed by atoms with Gasteiger partial charge in [-0.2, -0.15) is 0 Å². The van der Waals surface area contributed by atoms with E-state index in [-0.39, 0.29) is 17.1 Å². The molecule has 10 nitrogen and oxygen atoms in total. The van der Waals surface area contributed by atoms with Crippen LogP contribution in [0.3, 0.4) is 0 Å².